The van der Waals surface area contributed by atoms with Crippen LogP contribution < -0.4 is 10.1 Å². The fourth-order valence-corrected chi connectivity index (χ4v) is 2.58. The zero-order valence-electron chi connectivity index (χ0n) is 14.5. The Balaban J connectivity index is 2.03. The van der Waals surface area contributed by atoms with E-state index in [1.54, 1.807) is 30.3 Å². The zero-order valence-corrected chi connectivity index (χ0v) is 14.5. The van der Waals surface area contributed by atoms with Crippen molar-refractivity contribution in [3.63, 3.8) is 0 Å². The van der Waals surface area contributed by atoms with Crippen molar-refractivity contribution in [2.45, 2.75) is 26.5 Å². The van der Waals surface area contributed by atoms with E-state index in [0.717, 1.165) is 12.0 Å². The number of carbonyl (C=O) groups excluding carboxylic acids is 1. The normalized spacial score (nSPS) is 11.0. The largest absolute Gasteiger partial charge is 0.508 e. The number of ether oxygens (including phenoxy) is 1. The van der Waals surface area contributed by atoms with Crippen LogP contribution in [-0.2, 0) is 11.3 Å². The lowest BCUT2D eigenvalue weighted by atomic mass is 10.2. The summed E-state index contributed by atoms with van der Waals surface area (Å²) < 4.78 is 29.3. The number of amides is 1. The molecule has 0 bridgehead atoms. The van der Waals surface area contributed by atoms with Crippen LogP contribution in [0.3, 0.4) is 0 Å². The average Bonchev–Trinajstić information content (AvgIpc) is 2.58. The number of nitrogens with zero attached hydrogens (tertiary/aromatic N) is 1. The number of nitrogens with one attached hydrogen (secondary N) is 1. The summed E-state index contributed by atoms with van der Waals surface area (Å²) >= 11 is 0. The molecule has 5 nitrogen and oxygen atoms in total. The summed E-state index contributed by atoms with van der Waals surface area (Å²) in [5.41, 5.74) is 0.909. The SMILES string of the molecule is CCCN(CC(=O)Nc1ccccc1OC(F)F)Cc1ccccc1O. The number of phenolic OH excluding ortho intramolecular Hbond substituents is 1. The van der Waals surface area contributed by atoms with E-state index in [-0.39, 0.29) is 29.6 Å². The first-order chi connectivity index (χ1) is 12.5. The molecule has 0 atom stereocenters. The molecular formula is C19H22F2N2O3. The third kappa shape index (κ3) is 6.00. The molecule has 0 unspecified atom stereocenters. The highest BCUT2D eigenvalue weighted by Gasteiger charge is 2.15. The van der Waals surface area contributed by atoms with Gasteiger partial charge < -0.3 is 15.2 Å². The van der Waals surface area contributed by atoms with Gasteiger partial charge in [-0.2, -0.15) is 8.78 Å². The Morgan fingerprint density at radius 2 is 1.88 bits per heavy atom. The number of rotatable bonds is 9. The Labute approximate surface area is 151 Å². The number of aromatic hydroxyl groups is 1. The third-order valence-electron chi connectivity index (χ3n) is 3.67. The number of para-hydroxylation sites is 3. The maximum atomic E-state index is 12.5. The van der Waals surface area contributed by atoms with Gasteiger partial charge >= 0.3 is 6.61 Å². The van der Waals surface area contributed by atoms with E-state index in [2.05, 4.69) is 10.1 Å². The number of benzene rings is 2. The summed E-state index contributed by atoms with van der Waals surface area (Å²) in [6.45, 7) is 0.137. The minimum absolute atomic E-state index is 0.0607. The summed E-state index contributed by atoms with van der Waals surface area (Å²) in [7, 11) is 0. The van der Waals surface area contributed by atoms with E-state index < -0.39 is 6.61 Å². The molecule has 0 heterocycles. The summed E-state index contributed by atoms with van der Waals surface area (Å²) in [6.07, 6.45) is 0.825. The average molecular weight is 364 g/mol. The Kier molecular flexibility index (Phi) is 7.35. The Morgan fingerprint density at radius 3 is 2.58 bits per heavy atom. The van der Waals surface area contributed by atoms with Gasteiger partial charge in [0.25, 0.3) is 0 Å². The van der Waals surface area contributed by atoms with Gasteiger partial charge in [0.15, 0.2) is 0 Å². The monoisotopic (exact) mass is 364 g/mol. The topological polar surface area (TPSA) is 61.8 Å². The van der Waals surface area contributed by atoms with E-state index in [9.17, 15) is 18.7 Å². The highest BCUT2D eigenvalue weighted by Crippen LogP contribution is 2.25. The maximum Gasteiger partial charge on any atom is 0.387 e. The molecule has 7 heteroatoms. The van der Waals surface area contributed by atoms with Gasteiger partial charge in [0.05, 0.1) is 12.2 Å². The van der Waals surface area contributed by atoms with Crippen LogP contribution in [0.15, 0.2) is 48.5 Å². The Morgan fingerprint density at radius 1 is 1.19 bits per heavy atom. The molecule has 2 N–H and O–H groups in total. The summed E-state index contributed by atoms with van der Waals surface area (Å²) in [5.74, 6) is -0.262. The number of halogens is 2. The summed E-state index contributed by atoms with van der Waals surface area (Å²) in [4.78, 5) is 14.2. The van der Waals surface area contributed by atoms with Crippen molar-refractivity contribution in [1.82, 2.24) is 4.90 Å². The number of anilines is 1. The van der Waals surface area contributed by atoms with Crippen LogP contribution in [0.25, 0.3) is 0 Å². The predicted octanol–water partition coefficient (Wildman–Crippen LogP) is 3.84. The molecule has 2 rings (SSSR count). The van der Waals surface area contributed by atoms with E-state index in [0.29, 0.717) is 13.1 Å². The lowest BCUT2D eigenvalue weighted by Gasteiger charge is -2.22. The molecule has 1 amide bonds. The predicted molar refractivity (Wildman–Crippen MR) is 95.4 cm³/mol. The minimum atomic E-state index is -2.97. The molecule has 0 aromatic heterocycles. The first-order valence-corrected chi connectivity index (χ1v) is 8.32. The Bertz CT molecular complexity index is 725. The van der Waals surface area contributed by atoms with Crippen molar-refractivity contribution in [3.05, 3.63) is 54.1 Å². The molecule has 0 fully saturated rings. The first-order valence-electron chi connectivity index (χ1n) is 8.32. The van der Waals surface area contributed by atoms with E-state index in [1.807, 2.05) is 17.9 Å². The molecule has 0 saturated heterocycles. The maximum absolute atomic E-state index is 12.5. The molecule has 0 aliphatic heterocycles. The quantitative estimate of drug-likeness (QED) is 0.710. The molecule has 0 aliphatic carbocycles. The molecule has 0 spiro atoms. The molecule has 0 aliphatic rings. The highest BCUT2D eigenvalue weighted by atomic mass is 19.3. The van der Waals surface area contributed by atoms with Crippen molar-refractivity contribution in [2.75, 3.05) is 18.4 Å². The molecule has 2 aromatic carbocycles. The smallest absolute Gasteiger partial charge is 0.387 e. The molecule has 140 valence electrons. The van der Waals surface area contributed by atoms with Crippen LogP contribution >= 0.6 is 0 Å². The van der Waals surface area contributed by atoms with Crippen LogP contribution in [0, 0.1) is 0 Å². The van der Waals surface area contributed by atoms with Gasteiger partial charge in [-0.25, -0.2) is 0 Å². The standard InChI is InChI=1S/C19H22F2N2O3/c1-2-11-23(12-14-7-3-5-9-16(14)24)13-18(25)22-15-8-4-6-10-17(15)26-19(20)21/h3-10,19,24H,2,11-13H2,1H3,(H,22,25). The van der Waals surface area contributed by atoms with Crippen LogP contribution in [0.1, 0.15) is 18.9 Å². The van der Waals surface area contributed by atoms with Crippen molar-refractivity contribution >= 4 is 11.6 Å². The van der Waals surface area contributed by atoms with Gasteiger partial charge in [0, 0.05) is 12.1 Å². The second kappa shape index (κ2) is 9.72. The van der Waals surface area contributed by atoms with Gasteiger partial charge in [-0.3, -0.25) is 9.69 Å². The van der Waals surface area contributed by atoms with Gasteiger partial charge in [-0.1, -0.05) is 37.3 Å². The fourth-order valence-electron chi connectivity index (χ4n) is 2.58. The lowest BCUT2D eigenvalue weighted by Crippen LogP contribution is -2.33. The van der Waals surface area contributed by atoms with Gasteiger partial charge in [-0.05, 0) is 31.2 Å². The molecular weight excluding hydrogens is 342 g/mol. The number of carbonyl (C=O) groups is 1. The highest BCUT2D eigenvalue weighted by molar-refractivity contribution is 5.93. The third-order valence-corrected chi connectivity index (χ3v) is 3.67. The molecule has 0 radical (unpaired) electrons. The number of phenols is 1. The second-order valence-electron chi connectivity index (χ2n) is 5.76. The summed E-state index contributed by atoms with van der Waals surface area (Å²) in [5, 5.41) is 12.5. The van der Waals surface area contributed by atoms with Crippen molar-refractivity contribution in [2.24, 2.45) is 0 Å². The van der Waals surface area contributed by atoms with Crippen molar-refractivity contribution in [3.8, 4) is 11.5 Å². The molecule has 0 saturated carbocycles. The number of alkyl halides is 2. The Hall–Kier alpha value is -2.67. The van der Waals surface area contributed by atoms with Crippen LogP contribution in [0.4, 0.5) is 14.5 Å². The minimum Gasteiger partial charge on any atom is -0.508 e. The number of hydrogen-bond donors (Lipinski definition) is 2. The lowest BCUT2D eigenvalue weighted by molar-refractivity contribution is -0.117. The zero-order chi connectivity index (χ0) is 18.9. The van der Waals surface area contributed by atoms with Crippen LogP contribution in [0.5, 0.6) is 11.5 Å². The van der Waals surface area contributed by atoms with Crippen LogP contribution in [0.2, 0.25) is 0 Å². The van der Waals surface area contributed by atoms with E-state index in [1.165, 1.54) is 12.1 Å². The van der Waals surface area contributed by atoms with Gasteiger partial charge in [0.2, 0.25) is 5.91 Å². The van der Waals surface area contributed by atoms with Crippen molar-refractivity contribution in [1.29, 1.82) is 0 Å². The molecule has 26 heavy (non-hydrogen) atoms. The second-order valence-corrected chi connectivity index (χ2v) is 5.76. The summed E-state index contributed by atoms with van der Waals surface area (Å²) in [6, 6.07) is 13.0. The van der Waals surface area contributed by atoms with Gasteiger partial charge in [0.1, 0.15) is 11.5 Å². The van der Waals surface area contributed by atoms with Crippen molar-refractivity contribution < 1.29 is 23.4 Å². The molecule has 2 aromatic rings. The fraction of sp³-hybridized carbons (Fsp3) is 0.316. The number of hydrogen-bond acceptors (Lipinski definition) is 4. The van der Waals surface area contributed by atoms with Gasteiger partial charge in [-0.15, -0.1) is 0 Å². The van der Waals surface area contributed by atoms with Crippen LogP contribution in [-0.4, -0.2) is 35.6 Å². The van der Waals surface area contributed by atoms with E-state index in [4.69, 9.17) is 0 Å². The van der Waals surface area contributed by atoms with E-state index >= 15 is 0 Å². The first kappa shape index (κ1) is 19.7.